The fourth-order valence-electron chi connectivity index (χ4n) is 2.83. The first kappa shape index (κ1) is 18.2. The zero-order chi connectivity index (χ0) is 16.8. The normalized spacial score (nSPS) is 22.4. The molecule has 23 heavy (non-hydrogen) atoms. The predicted octanol–water partition coefficient (Wildman–Crippen LogP) is 3.36. The van der Waals surface area contributed by atoms with Crippen molar-refractivity contribution in [2.45, 2.75) is 50.4 Å². The van der Waals surface area contributed by atoms with Crippen LogP contribution in [0.15, 0.2) is 18.2 Å². The monoisotopic (exact) mass is 360 g/mol. The molecular formula is C16H22ClFN2O2S. The van der Waals surface area contributed by atoms with Gasteiger partial charge < -0.3 is 10.6 Å². The van der Waals surface area contributed by atoms with Crippen molar-refractivity contribution in [3.8, 4) is 0 Å². The number of benzene rings is 1. The summed E-state index contributed by atoms with van der Waals surface area (Å²) >= 11 is 5.70. The topological polar surface area (TPSA) is 58.2 Å². The van der Waals surface area contributed by atoms with E-state index < -0.39 is 16.6 Å². The average molecular weight is 361 g/mol. The molecule has 1 saturated carbocycles. The molecule has 1 aromatic carbocycles. The molecular weight excluding hydrogens is 339 g/mol. The summed E-state index contributed by atoms with van der Waals surface area (Å²) in [4.78, 5) is 12.0. The summed E-state index contributed by atoms with van der Waals surface area (Å²) in [6.07, 6.45) is 3.55. The van der Waals surface area contributed by atoms with E-state index in [1.165, 1.54) is 6.07 Å². The van der Waals surface area contributed by atoms with Crippen LogP contribution < -0.4 is 10.6 Å². The number of halogens is 2. The van der Waals surface area contributed by atoms with E-state index in [-0.39, 0.29) is 23.9 Å². The first-order valence-electron chi connectivity index (χ1n) is 7.85. The fraction of sp³-hybridized carbons (Fsp3) is 0.562. The Labute approximate surface area is 143 Å². The van der Waals surface area contributed by atoms with Gasteiger partial charge in [0.15, 0.2) is 0 Å². The van der Waals surface area contributed by atoms with Crippen LogP contribution in [-0.4, -0.2) is 27.3 Å². The summed E-state index contributed by atoms with van der Waals surface area (Å²) in [5.74, 6) is 0.216. The Kier molecular flexibility index (Phi) is 6.84. The van der Waals surface area contributed by atoms with E-state index in [1.54, 1.807) is 12.1 Å². The Morgan fingerprint density at radius 2 is 2.22 bits per heavy atom. The molecule has 3 atom stereocenters. The Hall–Kier alpha value is -1.14. The highest BCUT2D eigenvalue weighted by Gasteiger charge is 2.26. The average Bonchev–Trinajstić information content (AvgIpc) is 2.53. The minimum Gasteiger partial charge on any atom is -0.335 e. The van der Waals surface area contributed by atoms with E-state index in [0.29, 0.717) is 16.3 Å². The summed E-state index contributed by atoms with van der Waals surface area (Å²) in [6, 6.07) is 4.07. The molecule has 1 aliphatic rings. The van der Waals surface area contributed by atoms with Crippen molar-refractivity contribution >= 4 is 28.4 Å². The van der Waals surface area contributed by atoms with Gasteiger partial charge in [-0.05, 0) is 31.4 Å². The van der Waals surface area contributed by atoms with Crippen LogP contribution in [0.2, 0.25) is 5.02 Å². The molecule has 0 aromatic heterocycles. The fourth-order valence-corrected chi connectivity index (χ4v) is 4.33. The van der Waals surface area contributed by atoms with E-state index in [0.717, 1.165) is 25.7 Å². The molecule has 1 fully saturated rings. The molecule has 1 aliphatic carbocycles. The van der Waals surface area contributed by atoms with Crippen LogP contribution in [0.3, 0.4) is 0 Å². The summed E-state index contributed by atoms with van der Waals surface area (Å²) in [6.45, 7) is 2.02. The highest BCUT2D eigenvalue weighted by molar-refractivity contribution is 7.85. The molecule has 0 heterocycles. The van der Waals surface area contributed by atoms with Crippen LogP contribution in [0.5, 0.6) is 0 Å². The number of urea groups is 1. The summed E-state index contributed by atoms with van der Waals surface area (Å²) in [5.41, 5.74) is 0.387. The van der Waals surface area contributed by atoms with E-state index in [2.05, 4.69) is 10.6 Å². The molecule has 7 heteroatoms. The van der Waals surface area contributed by atoms with Crippen molar-refractivity contribution in [1.82, 2.24) is 10.6 Å². The highest BCUT2D eigenvalue weighted by atomic mass is 35.5. The maximum Gasteiger partial charge on any atom is 0.315 e. The van der Waals surface area contributed by atoms with Crippen LogP contribution in [-0.2, 0) is 17.3 Å². The third-order valence-corrected chi connectivity index (χ3v) is 6.05. The number of nitrogens with one attached hydrogen (secondary N) is 2. The quantitative estimate of drug-likeness (QED) is 0.845. The SMILES string of the molecule is CCS(=O)C1CCCC(NC(=O)NCc2ccc(Cl)cc2F)C1. The first-order chi connectivity index (χ1) is 11.0. The van der Waals surface area contributed by atoms with Gasteiger partial charge in [-0.15, -0.1) is 0 Å². The minimum absolute atomic E-state index is 0.0271. The third-order valence-electron chi connectivity index (χ3n) is 4.07. The minimum atomic E-state index is -0.822. The molecule has 0 radical (unpaired) electrons. The van der Waals surface area contributed by atoms with Crippen LogP contribution in [0.1, 0.15) is 38.2 Å². The van der Waals surface area contributed by atoms with Gasteiger partial charge in [0.1, 0.15) is 5.82 Å². The van der Waals surface area contributed by atoms with E-state index >= 15 is 0 Å². The third kappa shape index (κ3) is 5.46. The Balaban J connectivity index is 1.81. The van der Waals surface area contributed by atoms with Gasteiger partial charge in [-0.1, -0.05) is 31.0 Å². The molecule has 2 rings (SSSR count). The summed E-state index contributed by atoms with van der Waals surface area (Å²) in [7, 11) is -0.822. The molecule has 2 N–H and O–H groups in total. The van der Waals surface area contributed by atoms with Gasteiger partial charge in [0, 0.05) is 45.0 Å². The van der Waals surface area contributed by atoms with Gasteiger partial charge in [-0.25, -0.2) is 9.18 Å². The Morgan fingerprint density at radius 3 is 2.91 bits per heavy atom. The van der Waals surface area contributed by atoms with Gasteiger partial charge in [0.2, 0.25) is 0 Å². The van der Waals surface area contributed by atoms with E-state index in [1.807, 2.05) is 6.92 Å². The maximum absolute atomic E-state index is 13.6. The molecule has 0 saturated heterocycles. The van der Waals surface area contributed by atoms with Crippen LogP contribution in [0, 0.1) is 5.82 Å². The Morgan fingerprint density at radius 1 is 1.43 bits per heavy atom. The van der Waals surface area contributed by atoms with Gasteiger partial charge in [0.25, 0.3) is 0 Å². The molecule has 0 aliphatic heterocycles. The molecule has 1 aromatic rings. The van der Waals surface area contributed by atoms with Crippen LogP contribution in [0.4, 0.5) is 9.18 Å². The van der Waals surface area contributed by atoms with E-state index in [9.17, 15) is 13.4 Å². The van der Waals surface area contributed by atoms with Crippen molar-refractivity contribution in [2.75, 3.05) is 5.75 Å². The number of hydrogen-bond donors (Lipinski definition) is 2. The number of amides is 2. The van der Waals surface area contributed by atoms with Crippen molar-refractivity contribution in [1.29, 1.82) is 0 Å². The highest BCUT2D eigenvalue weighted by Crippen LogP contribution is 2.23. The summed E-state index contributed by atoms with van der Waals surface area (Å²) < 4.78 is 25.6. The molecule has 3 unspecified atom stereocenters. The molecule has 4 nitrogen and oxygen atoms in total. The molecule has 0 bridgehead atoms. The van der Waals surface area contributed by atoms with Crippen molar-refractivity contribution in [3.05, 3.63) is 34.6 Å². The molecule has 128 valence electrons. The largest absolute Gasteiger partial charge is 0.335 e. The molecule has 2 amide bonds. The van der Waals surface area contributed by atoms with Crippen LogP contribution in [0.25, 0.3) is 0 Å². The van der Waals surface area contributed by atoms with Crippen molar-refractivity contribution in [2.24, 2.45) is 0 Å². The maximum atomic E-state index is 13.6. The zero-order valence-electron chi connectivity index (χ0n) is 13.1. The lowest BCUT2D eigenvalue weighted by molar-refractivity contribution is 0.232. The van der Waals surface area contributed by atoms with Gasteiger partial charge in [-0.3, -0.25) is 4.21 Å². The predicted molar refractivity (Wildman–Crippen MR) is 91.5 cm³/mol. The Bertz CT molecular complexity index is 585. The van der Waals surface area contributed by atoms with Crippen LogP contribution >= 0.6 is 11.6 Å². The zero-order valence-corrected chi connectivity index (χ0v) is 14.7. The van der Waals surface area contributed by atoms with Gasteiger partial charge in [0.05, 0.1) is 0 Å². The lowest BCUT2D eigenvalue weighted by Gasteiger charge is -2.29. The first-order valence-corrected chi connectivity index (χ1v) is 9.61. The second kappa shape index (κ2) is 8.64. The van der Waals surface area contributed by atoms with E-state index in [4.69, 9.17) is 11.6 Å². The smallest absolute Gasteiger partial charge is 0.315 e. The van der Waals surface area contributed by atoms with Crippen molar-refractivity contribution in [3.63, 3.8) is 0 Å². The van der Waals surface area contributed by atoms with Gasteiger partial charge in [-0.2, -0.15) is 0 Å². The lowest BCUT2D eigenvalue weighted by atomic mass is 9.95. The molecule has 0 spiro atoms. The second-order valence-electron chi connectivity index (χ2n) is 5.72. The standard InChI is InChI=1S/C16H22ClFN2O2S/c1-2-23(22)14-5-3-4-13(9-14)20-16(21)19-10-11-6-7-12(17)8-15(11)18/h6-8,13-14H,2-5,9-10H2,1H3,(H2,19,20,21). The van der Waals surface area contributed by atoms with Crippen molar-refractivity contribution < 1.29 is 13.4 Å². The lowest BCUT2D eigenvalue weighted by Crippen LogP contribution is -2.45. The number of hydrogen-bond acceptors (Lipinski definition) is 2. The van der Waals surface area contributed by atoms with Gasteiger partial charge >= 0.3 is 6.03 Å². The summed E-state index contributed by atoms with van der Waals surface area (Å²) in [5, 5.41) is 6.04. The number of carbonyl (C=O) groups is 1. The number of rotatable bonds is 5. The number of carbonyl (C=O) groups excluding carboxylic acids is 1. The second-order valence-corrected chi connectivity index (χ2v) is 8.16.